The fraction of sp³-hybridized carbons (Fsp3) is 0.467. The van der Waals surface area contributed by atoms with Crippen molar-refractivity contribution >= 4 is 28.2 Å². The molecule has 9 heteroatoms. The number of nitrogens with one attached hydrogen (secondary N) is 1. The lowest BCUT2D eigenvalue weighted by molar-refractivity contribution is -0.121. The fourth-order valence-corrected chi connectivity index (χ4v) is 3.07. The van der Waals surface area contributed by atoms with Crippen LogP contribution in [0.1, 0.15) is 0 Å². The Morgan fingerprint density at radius 2 is 2.46 bits per heavy atom. The van der Waals surface area contributed by atoms with Gasteiger partial charge in [-0.15, -0.1) is 16.4 Å². The van der Waals surface area contributed by atoms with E-state index in [0.29, 0.717) is 31.4 Å². The molecule has 1 aliphatic rings. The molecule has 0 unspecified atom stereocenters. The van der Waals surface area contributed by atoms with Crippen molar-refractivity contribution in [3.63, 3.8) is 0 Å². The van der Waals surface area contributed by atoms with E-state index in [9.17, 15) is 4.79 Å². The first-order valence-corrected chi connectivity index (χ1v) is 8.62. The topological polar surface area (TPSA) is 83.5 Å². The van der Waals surface area contributed by atoms with Crippen LogP contribution >= 0.6 is 11.3 Å². The maximum atomic E-state index is 12.4. The van der Waals surface area contributed by atoms with Crippen LogP contribution in [0, 0.1) is 0 Å². The molecule has 0 spiro atoms. The molecule has 0 aliphatic carbocycles. The third-order valence-electron chi connectivity index (χ3n) is 3.75. The zero-order valence-corrected chi connectivity index (χ0v) is 14.3. The predicted octanol–water partition coefficient (Wildman–Crippen LogP) is 0.709. The van der Waals surface area contributed by atoms with E-state index < -0.39 is 0 Å². The fourth-order valence-electron chi connectivity index (χ4n) is 2.45. The van der Waals surface area contributed by atoms with Crippen molar-refractivity contribution in [3.05, 3.63) is 29.9 Å². The van der Waals surface area contributed by atoms with Gasteiger partial charge in [-0.3, -0.25) is 14.6 Å². The van der Waals surface area contributed by atoms with Crippen LogP contribution in [-0.2, 0) is 9.53 Å². The van der Waals surface area contributed by atoms with Gasteiger partial charge in [-0.05, 0) is 12.1 Å². The Kier molecular flexibility index (Phi) is 5.68. The molecular weight excluding hydrogens is 328 g/mol. The van der Waals surface area contributed by atoms with E-state index in [0.717, 1.165) is 12.4 Å². The molecular formula is C15H20N6O2S. The van der Waals surface area contributed by atoms with Crippen molar-refractivity contribution in [2.75, 3.05) is 50.1 Å². The summed E-state index contributed by atoms with van der Waals surface area (Å²) in [6.45, 7) is 3.05. The van der Waals surface area contributed by atoms with Crippen LogP contribution in [0.15, 0.2) is 29.9 Å². The van der Waals surface area contributed by atoms with E-state index in [1.54, 1.807) is 24.3 Å². The monoisotopic (exact) mass is 348 g/mol. The first kappa shape index (κ1) is 16.7. The molecule has 1 saturated heterocycles. The number of amides is 1. The molecule has 128 valence electrons. The molecule has 24 heavy (non-hydrogen) atoms. The van der Waals surface area contributed by atoms with Crippen molar-refractivity contribution in [2.24, 2.45) is 0 Å². The number of anilines is 2. The summed E-state index contributed by atoms with van der Waals surface area (Å²) >= 11 is 1.46. The second-order valence-corrected chi connectivity index (χ2v) is 6.36. The van der Waals surface area contributed by atoms with E-state index >= 15 is 0 Å². The molecule has 8 nitrogen and oxygen atoms in total. The number of likely N-dealkylation sites (N-methyl/N-ethyl adjacent to an activating group) is 1. The van der Waals surface area contributed by atoms with Crippen LogP contribution in [0.2, 0.25) is 0 Å². The number of morpholine rings is 1. The highest BCUT2D eigenvalue weighted by Crippen LogP contribution is 2.16. The van der Waals surface area contributed by atoms with Crippen molar-refractivity contribution in [3.8, 4) is 0 Å². The van der Waals surface area contributed by atoms with Gasteiger partial charge in [0, 0.05) is 44.5 Å². The number of rotatable bonds is 6. The van der Waals surface area contributed by atoms with Gasteiger partial charge in [0.15, 0.2) is 5.13 Å². The van der Waals surface area contributed by atoms with E-state index in [1.807, 2.05) is 17.5 Å². The highest BCUT2D eigenvalue weighted by atomic mass is 32.1. The summed E-state index contributed by atoms with van der Waals surface area (Å²) in [6.07, 6.45) is 3.35. The van der Waals surface area contributed by atoms with Crippen LogP contribution < -0.4 is 10.2 Å². The van der Waals surface area contributed by atoms with E-state index in [1.165, 1.54) is 11.3 Å². The first-order chi connectivity index (χ1) is 11.7. The summed E-state index contributed by atoms with van der Waals surface area (Å²) in [5.74, 6) is 0.755. The minimum atomic E-state index is 0.0127. The number of carbonyl (C=O) groups is 1. The Morgan fingerprint density at radius 1 is 1.54 bits per heavy atom. The smallest absolute Gasteiger partial charge is 0.242 e. The molecule has 1 atom stereocenters. The minimum Gasteiger partial charge on any atom is -0.374 e. The predicted molar refractivity (Wildman–Crippen MR) is 92.2 cm³/mol. The normalized spacial score (nSPS) is 18.3. The number of carbonyl (C=O) groups excluding carboxylic acids is 1. The van der Waals surface area contributed by atoms with Crippen molar-refractivity contribution in [1.82, 2.24) is 20.1 Å². The number of thiazole rings is 1. The second kappa shape index (κ2) is 8.13. The van der Waals surface area contributed by atoms with Crippen LogP contribution in [0.4, 0.5) is 10.9 Å². The van der Waals surface area contributed by atoms with E-state index in [-0.39, 0.29) is 12.0 Å². The molecule has 3 rings (SSSR count). The molecule has 1 amide bonds. The number of aromatic nitrogens is 3. The van der Waals surface area contributed by atoms with Crippen LogP contribution in [-0.4, -0.2) is 71.9 Å². The second-order valence-electron chi connectivity index (χ2n) is 5.49. The van der Waals surface area contributed by atoms with Gasteiger partial charge in [0.2, 0.25) is 5.91 Å². The number of ether oxygens (including phenoxy) is 1. The summed E-state index contributed by atoms with van der Waals surface area (Å²) in [6, 6.07) is 3.69. The van der Waals surface area contributed by atoms with Crippen molar-refractivity contribution < 1.29 is 9.53 Å². The number of hydrogen-bond acceptors (Lipinski definition) is 8. The molecule has 0 radical (unpaired) electrons. The quantitative estimate of drug-likeness (QED) is 0.823. The molecule has 1 aliphatic heterocycles. The first-order valence-electron chi connectivity index (χ1n) is 7.74. The van der Waals surface area contributed by atoms with Gasteiger partial charge in [-0.1, -0.05) is 0 Å². The van der Waals surface area contributed by atoms with Gasteiger partial charge in [0.1, 0.15) is 5.82 Å². The standard InChI is InChI=1S/C15H20N6O2S/c1-20(15-16-5-8-24-15)14(22)11-21-6-7-23-12(10-21)9-17-13-3-2-4-18-19-13/h2-5,8,12H,6-7,9-11H2,1H3,(H,17,19)/t12-/m1/s1. The molecule has 2 aromatic rings. The third kappa shape index (κ3) is 4.47. The van der Waals surface area contributed by atoms with Crippen LogP contribution in [0.3, 0.4) is 0 Å². The summed E-state index contributed by atoms with van der Waals surface area (Å²) in [5.41, 5.74) is 0. The zero-order valence-electron chi connectivity index (χ0n) is 13.5. The van der Waals surface area contributed by atoms with Crippen molar-refractivity contribution in [2.45, 2.75) is 6.10 Å². The van der Waals surface area contributed by atoms with Gasteiger partial charge >= 0.3 is 0 Å². The van der Waals surface area contributed by atoms with Crippen molar-refractivity contribution in [1.29, 1.82) is 0 Å². The molecule has 0 aromatic carbocycles. The SMILES string of the molecule is CN(C(=O)CN1CCO[C@H](CNc2cccnn2)C1)c1nccs1. The van der Waals surface area contributed by atoms with Gasteiger partial charge in [0.25, 0.3) is 0 Å². The summed E-state index contributed by atoms with van der Waals surface area (Å²) in [7, 11) is 1.76. The Morgan fingerprint density at radius 3 is 3.21 bits per heavy atom. The minimum absolute atomic E-state index is 0.0127. The maximum absolute atomic E-state index is 12.4. The molecule has 2 aromatic heterocycles. The number of nitrogens with zero attached hydrogens (tertiary/aromatic N) is 5. The van der Waals surface area contributed by atoms with Gasteiger partial charge < -0.3 is 10.1 Å². The van der Waals surface area contributed by atoms with Gasteiger partial charge in [-0.2, -0.15) is 5.10 Å². The molecule has 0 bridgehead atoms. The molecule has 1 fully saturated rings. The lowest BCUT2D eigenvalue weighted by atomic mass is 10.2. The Labute approximate surface area is 144 Å². The Balaban J connectivity index is 1.47. The average Bonchev–Trinajstić information content (AvgIpc) is 3.15. The number of hydrogen-bond donors (Lipinski definition) is 1. The molecule has 1 N–H and O–H groups in total. The van der Waals surface area contributed by atoms with Crippen LogP contribution in [0.5, 0.6) is 0 Å². The van der Waals surface area contributed by atoms with Crippen LogP contribution in [0.25, 0.3) is 0 Å². The summed E-state index contributed by atoms with van der Waals surface area (Å²) in [4.78, 5) is 20.3. The highest BCUT2D eigenvalue weighted by Gasteiger charge is 2.24. The van der Waals surface area contributed by atoms with Gasteiger partial charge in [-0.25, -0.2) is 4.98 Å². The van der Waals surface area contributed by atoms with E-state index in [2.05, 4.69) is 25.4 Å². The Bertz CT molecular complexity index is 639. The lowest BCUT2D eigenvalue weighted by Gasteiger charge is -2.33. The van der Waals surface area contributed by atoms with E-state index in [4.69, 9.17) is 4.74 Å². The maximum Gasteiger partial charge on any atom is 0.242 e. The summed E-state index contributed by atoms with van der Waals surface area (Å²) < 4.78 is 5.76. The largest absolute Gasteiger partial charge is 0.374 e. The van der Waals surface area contributed by atoms with Gasteiger partial charge in [0.05, 0.1) is 19.3 Å². The lowest BCUT2D eigenvalue weighted by Crippen LogP contribution is -2.49. The molecule has 0 saturated carbocycles. The summed E-state index contributed by atoms with van der Waals surface area (Å²) in [5, 5.41) is 13.6. The molecule has 3 heterocycles. The third-order valence-corrected chi connectivity index (χ3v) is 4.59. The highest BCUT2D eigenvalue weighted by molar-refractivity contribution is 7.13. The Hall–Kier alpha value is -2.10. The average molecular weight is 348 g/mol. The zero-order chi connectivity index (χ0) is 16.8.